The van der Waals surface area contributed by atoms with E-state index in [0.717, 1.165) is 11.3 Å². The van der Waals surface area contributed by atoms with Crippen LogP contribution < -0.4 is 26.3 Å². The number of nitrogens with zero attached hydrogens (tertiary/aromatic N) is 1. The first-order valence-corrected chi connectivity index (χ1v) is 10.3. The first kappa shape index (κ1) is 21.5. The van der Waals surface area contributed by atoms with Crippen molar-refractivity contribution in [1.82, 2.24) is 0 Å². The van der Waals surface area contributed by atoms with Gasteiger partial charge in [-0.1, -0.05) is 37.5 Å². The number of nitrogens with two attached hydrogens (primary N) is 2. The van der Waals surface area contributed by atoms with Crippen molar-refractivity contribution in [2.24, 2.45) is 22.4 Å². The van der Waals surface area contributed by atoms with Crippen molar-refractivity contribution < 1.29 is 14.3 Å². The Balaban J connectivity index is 1.71. The van der Waals surface area contributed by atoms with Crippen LogP contribution in [0.2, 0.25) is 0 Å². The predicted molar refractivity (Wildman–Crippen MR) is 119 cm³/mol. The van der Waals surface area contributed by atoms with E-state index in [4.69, 9.17) is 20.9 Å². The molecule has 160 valence electrons. The highest BCUT2D eigenvalue weighted by Crippen LogP contribution is 2.29. The van der Waals surface area contributed by atoms with Crippen molar-refractivity contribution >= 4 is 17.6 Å². The van der Waals surface area contributed by atoms with Gasteiger partial charge >= 0.3 is 0 Å². The van der Waals surface area contributed by atoms with Gasteiger partial charge in [-0.05, 0) is 43.0 Å². The Labute approximate surface area is 177 Å². The Morgan fingerprint density at radius 3 is 2.60 bits per heavy atom. The fourth-order valence-electron chi connectivity index (χ4n) is 3.64. The summed E-state index contributed by atoms with van der Waals surface area (Å²) in [6.45, 7) is 0.982. The number of amides is 1. The van der Waals surface area contributed by atoms with Crippen molar-refractivity contribution in [1.29, 1.82) is 0 Å². The number of hydrogen-bond donors (Lipinski definition) is 3. The van der Waals surface area contributed by atoms with Crippen molar-refractivity contribution in [2.75, 3.05) is 19.0 Å². The first-order valence-electron chi connectivity index (χ1n) is 10.3. The average molecular weight is 411 g/mol. The lowest BCUT2D eigenvalue weighted by Crippen LogP contribution is -2.24. The summed E-state index contributed by atoms with van der Waals surface area (Å²) in [4.78, 5) is 16.0. The van der Waals surface area contributed by atoms with Crippen LogP contribution in [0.5, 0.6) is 11.5 Å². The van der Waals surface area contributed by atoms with Gasteiger partial charge in [0.15, 0.2) is 5.96 Å². The standard InChI is InChI=1S/C23H30N4O3/c1-29-20-10-6-5-9-18(20)14-26-23(25)27-19-12-11-17(22(24)28)13-21(19)30-15-16-7-3-2-4-8-16/h5-6,9-13,16H,2-4,7-8,14-15H2,1H3,(H2,24,28)(H3,25,26,27). The lowest BCUT2D eigenvalue weighted by Gasteiger charge is -2.22. The summed E-state index contributed by atoms with van der Waals surface area (Å²) in [6.07, 6.45) is 6.10. The maximum atomic E-state index is 11.6. The van der Waals surface area contributed by atoms with E-state index in [0.29, 0.717) is 36.1 Å². The largest absolute Gasteiger partial charge is 0.496 e. The summed E-state index contributed by atoms with van der Waals surface area (Å²) in [5, 5.41) is 3.08. The number of nitrogens with one attached hydrogen (secondary N) is 1. The molecular formula is C23H30N4O3. The molecule has 0 bridgehead atoms. The lowest BCUT2D eigenvalue weighted by molar-refractivity contribution is 0.0999. The van der Waals surface area contributed by atoms with E-state index >= 15 is 0 Å². The number of hydrogen-bond acceptors (Lipinski definition) is 4. The summed E-state index contributed by atoms with van der Waals surface area (Å²) < 4.78 is 11.4. The number of primary amides is 1. The minimum Gasteiger partial charge on any atom is -0.496 e. The number of aliphatic imine (C=N–C) groups is 1. The molecule has 30 heavy (non-hydrogen) atoms. The molecule has 2 aromatic carbocycles. The topological polar surface area (TPSA) is 112 Å². The van der Waals surface area contributed by atoms with Crippen LogP contribution in [0.25, 0.3) is 0 Å². The summed E-state index contributed by atoms with van der Waals surface area (Å²) >= 11 is 0. The molecule has 0 aliphatic heterocycles. The van der Waals surface area contributed by atoms with Gasteiger partial charge in [-0.3, -0.25) is 4.79 Å². The highest BCUT2D eigenvalue weighted by atomic mass is 16.5. The van der Waals surface area contributed by atoms with E-state index in [1.165, 1.54) is 32.1 Å². The van der Waals surface area contributed by atoms with E-state index in [9.17, 15) is 4.79 Å². The van der Waals surface area contributed by atoms with Gasteiger partial charge in [0.1, 0.15) is 11.5 Å². The maximum absolute atomic E-state index is 11.6. The minimum absolute atomic E-state index is 0.246. The molecule has 7 nitrogen and oxygen atoms in total. The predicted octanol–water partition coefficient (Wildman–Crippen LogP) is 3.68. The Morgan fingerprint density at radius 1 is 1.10 bits per heavy atom. The highest BCUT2D eigenvalue weighted by Gasteiger charge is 2.16. The molecule has 0 unspecified atom stereocenters. The van der Waals surface area contributed by atoms with Gasteiger partial charge in [0.05, 0.1) is 25.9 Å². The molecular weight excluding hydrogens is 380 g/mol. The number of para-hydroxylation sites is 1. The molecule has 1 aliphatic carbocycles. The Bertz CT molecular complexity index is 892. The number of carbonyl (C=O) groups excluding carboxylic acids is 1. The second-order valence-corrected chi connectivity index (χ2v) is 7.53. The van der Waals surface area contributed by atoms with Gasteiger partial charge in [-0.25, -0.2) is 4.99 Å². The molecule has 1 saturated carbocycles. The molecule has 5 N–H and O–H groups in total. The van der Waals surface area contributed by atoms with Crippen LogP contribution in [0.4, 0.5) is 5.69 Å². The van der Waals surface area contributed by atoms with Crippen molar-refractivity contribution in [2.45, 2.75) is 38.6 Å². The van der Waals surface area contributed by atoms with E-state index < -0.39 is 5.91 Å². The van der Waals surface area contributed by atoms with E-state index in [1.807, 2.05) is 24.3 Å². The van der Waals surface area contributed by atoms with Crippen LogP contribution in [0.3, 0.4) is 0 Å². The molecule has 0 heterocycles. The van der Waals surface area contributed by atoms with Crippen molar-refractivity contribution in [3.63, 3.8) is 0 Å². The summed E-state index contributed by atoms with van der Waals surface area (Å²) in [5.74, 6) is 1.58. The molecule has 0 atom stereocenters. The second-order valence-electron chi connectivity index (χ2n) is 7.53. The number of guanidine groups is 1. The Kier molecular flexibility index (Phi) is 7.54. The van der Waals surface area contributed by atoms with E-state index in [-0.39, 0.29) is 5.96 Å². The van der Waals surface area contributed by atoms with Crippen molar-refractivity contribution in [3.05, 3.63) is 53.6 Å². The van der Waals surface area contributed by atoms with Gasteiger partial charge in [0.2, 0.25) is 5.91 Å². The molecule has 0 radical (unpaired) electrons. The highest BCUT2D eigenvalue weighted by molar-refractivity contribution is 5.97. The lowest BCUT2D eigenvalue weighted by atomic mass is 9.90. The molecule has 0 saturated heterocycles. The molecule has 7 heteroatoms. The van der Waals surface area contributed by atoms with Gasteiger partial charge in [0.25, 0.3) is 0 Å². The normalized spacial score (nSPS) is 14.9. The maximum Gasteiger partial charge on any atom is 0.248 e. The number of methoxy groups -OCH3 is 1. The molecule has 0 aromatic heterocycles. The van der Waals surface area contributed by atoms with Crippen LogP contribution in [0, 0.1) is 5.92 Å². The van der Waals surface area contributed by atoms with Gasteiger partial charge < -0.3 is 26.3 Å². The van der Waals surface area contributed by atoms with Crippen LogP contribution in [0.1, 0.15) is 48.0 Å². The second kappa shape index (κ2) is 10.5. The average Bonchev–Trinajstić information content (AvgIpc) is 2.77. The fraction of sp³-hybridized carbons (Fsp3) is 0.391. The third kappa shape index (κ3) is 5.89. The van der Waals surface area contributed by atoms with Gasteiger partial charge in [0, 0.05) is 11.1 Å². The summed E-state index contributed by atoms with van der Waals surface area (Å²) in [7, 11) is 1.63. The molecule has 2 aromatic rings. The first-order chi connectivity index (χ1) is 14.6. The smallest absolute Gasteiger partial charge is 0.248 e. The van der Waals surface area contributed by atoms with Crippen LogP contribution in [-0.2, 0) is 6.54 Å². The molecule has 1 fully saturated rings. The molecule has 1 aliphatic rings. The number of carbonyl (C=O) groups is 1. The van der Waals surface area contributed by atoms with Crippen LogP contribution >= 0.6 is 0 Å². The SMILES string of the molecule is COc1ccccc1CN=C(N)Nc1ccc(C(N)=O)cc1OCC1CCCCC1. The monoisotopic (exact) mass is 410 g/mol. The van der Waals surface area contributed by atoms with Crippen molar-refractivity contribution in [3.8, 4) is 11.5 Å². The van der Waals surface area contributed by atoms with Gasteiger partial charge in [-0.15, -0.1) is 0 Å². The van der Waals surface area contributed by atoms with E-state index in [1.54, 1.807) is 25.3 Å². The fourth-order valence-corrected chi connectivity index (χ4v) is 3.64. The zero-order valence-electron chi connectivity index (χ0n) is 17.4. The quantitative estimate of drug-likeness (QED) is 0.454. The Hall–Kier alpha value is -3.22. The summed E-state index contributed by atoms with van der Waals surface area (Å²) in [5.41, 5.74) is 13.5. The molecule has 0 spiro atoms. The zero-order chi connectivity index (χ0) is 21.3. The number of ether oxygens (including phenoxy) is 2. The third-order valence-electron chi connectivity index (χ3n) is 5.34. The summed E-state index contributed by atoms with van der Waals surface area (Å²) in [6, 6.07) is 12.7. The minimum atomic E-state index is -0.498. The third-order valence-corrected chi connectivity index (χ3v) is 5.34. The number of anilines is 1. The number of benzene rings is 2. The van der Waals surface area contributed by atoms with E-state index in [2.05, 4.69) is 10.3 Å². The zero-order valence-corrected chi connectivity index (χ0v) is 17.4. The van der Waals surface area contributed by atoms with Gasteiger partial charge in [-0.2, -0.15) is 0 Å². The van der Waals surface area contributed by atoms with Crippen LogP contribution in [0.15, 0.2) is 47.5 Å². The van der Waals surface area contributed by atoms with Crippen LogP contribution in [-0.4, -0.2) is 25.6 Å². The molecule has 1 amide bonds. The Morgan fingerprint density at radius 2 is 1.87 bits per heavy atom. The molecule has 3 rings (SSSR count). The number of rotatable bonds is 8.